The summed E-state index contributed by atoms with van der Waals surface area (Å²) in [6.45, 7) is 0. The van der Waals surface area contributed by atoms with E-state index in [-0.39, 0.29) is 18.7 Å². The molecule has 2 rings (SSSR count). The molecular weight excluding hydrogens is 262 g/mol. The Labute approximate surface area is 115 Å². The van der Waals surface area contributed by atoms with Crippen LogP contribution >= 0.6 is 0 Å². The van der Waals surface area contributed by atoms with E-state index in [9.17, 15) is 14.4 Å². The zero-order chi connectivity index (χ0) is 14.5. The van der Waals surface area contributed by atoms with Crippen LogP contribution in [0.3, 0.4) is 0 Å². The Hall–Kier alpha value is -2.57. The van der Waals surface area contributed by atoms with E-state index in [4.69, 9.17) is 4.74 Å². The lowest BCUT2D eigenvalue weighted by Crippen LogP contribution is -2.30. The average molecular weight is 277 g/mol. The number of benzene rings is 1. The summed E-state index contributed by atoms with van der Waals surface area (Å²) in [5.74, 6) is 0.0877. The summed E-state index contributed by atoms with van der Waals surface area (Å²) in [6, 6.07) is 5.77. The minimum absolute atomic E-state index is 0.143. The van der Waals surface area contributed by atoms with Crippen molar-refractivity contribution in [3.63, 3.8) is 0 Å². The van der Waals surface area contributed by atoms with Gasteiger partial charge in [0.1, 0.15) is 11.8 Å². The number of nitrogens with one attached hydrogen (secondary N) is 3. The van der Waals surface area contributed by atoms with Gasteiger partial charge in [0.2, 0.25) is 5.91 Å². The smallest absolute Gasteiger partial charge is 0.322 e. The number of carbonyl (C=O) groups is 3. The lowest BCUT2D eigenvalue weighted by molar-refractivity contribution is -0.120. The maximum absolute atomic E-state index is 11.7. The summed E-state index contributed by atoms with van der Waals surface area (Å²) in [5.41, 5.74) is 0.649. The predicted octanol–water partition coefficient (Wildman–Crippen LogP) is 0.622. The molecule has 7 heteroatoms. The molecule has 0 bridgehead atoms. The van der Waals surface area contributed by atoms with Crippen molar-refractivity contribution in [1.82, 2.24) is 10.6 Å². The molecule has 20 heavy (non-hydrogen) atoms. The molecule has 1 aromatic rings. The van der Waals surface area contributed by atoms with Crippen molar-refractivity contribution in [2.45, 2.75) is 18.9 Å². The van der Waals surface area contributed by atoms with Gasteiger partial charge in [-0.1, -0.05) is 0 Å². The molecule has 1 aliphatic rings. The Kier molecular flexibility index (Phi) is 4.19. The van der Waals surface area contributed by atoms with Crippen LogP contribution in [0.25, 0.3) is 0 Å². The Morgan fingerprint density at radius 1 is 1.30 bits per heavy atom. The molecule has 0 saturated carbocycles. The summed E-state index contributed by atoms with van der Waals surface area (Å²) in [4.78, 5) is 33.9. The SMILES string of the molecule is COc1ccc(NC(=O)CC[C@@H]2NC(=O)NC2=O)cc1. The van der Waals surface area contributed by atoms with Crippen molar-refractivity contribution in [3.8, 4) is 5.75 Å². The first-order chi connectivity index (χ1) is 9.58. The van der Waals surface area contributed by atoms with Gasteiger partial charge in [-0.3, -0.25) is 14.9 Å². The van der Waals surface area contributed by atoms with Crippen LogP contribution in [0.1, 0.15) is 12.8 Å². The monoisotopic (exact) mass is 277 g/mol. The normalized spacial score (nSPS) is 17.4. The van der Waals surface area contributed by atoms with Crippen LogP contribution in [0.5, 0.6) is 5.75 Å². The molecule has 1 aromatic carbocycles. The topological polar surface area (TPSA) is 96.5 Å². The van der Waals surface area contributed by atoms with Gasteiger partial charge in [-0.15, -0.1) is 0 Å². The molecule has 1 atom stereocenters. The molecule has 7 nitrogen and oxygen atoms in total. The second-order valence-corrected chi connectivity index (χ2v) is 4.33. The van der Waals surface area contributed by atoms with Gasteiger partial charge in [-0.25, -0.2) is 4.79 Å². The van der Waals surface area contributed by atoms with E-state index >= 15 is 0 Å². The molecule has 1 saturated heterocycles. The molecule has 0 aliphatic carbocycles. The molecule has 1 fully saturated rings. The van der Waals surface area contributed by atoms with Crippen molar-refractivity contribution in [2.24, 2.45) is 0 Å². The largest absolute Gasteiger partial charge is 0.497 e. The van der Waals surface area contributed by atoms with E-state index < -0.39 is 18.0 Å². The first-order valence-electron chi connectivity index (χ1n) is 6.14. The van der Waals surface area contributed by atoms with Crippen molar-refractivity contribution >= 4 is 23.5 Å². The maximum Gasteiger partial charge on any atom is 0.322 e. The Morgan fingerprint density at radius 2 is 2.00 bits per heavy atom. The number of amides is 4. The zero-order valence-corrected chi connectivity index (χ0v) is 10.9. The zero-order valence-electron chi connectivity index (χ0n) is 10.9. The van der Waals surface area contributed by atoms with E-state index in [0.717, 1.165) is 0 Å². The van der Waals surface area contributed by atoms with Crippen LogP contribution < -0.4 is 20.7 Å². The molecule has 1 heterocycles. The van der Waals surface area contributed by atoms with Gasteiger partial charge in [0.15, 0.2) is 0 Å². The maximum atomic E-state index is 11.7. The van der Waals surface area contributed by atoms with Gasteiger partial charge < -0.3 is 15.4 Å². The van der Waals surface area contributed by atoms with Crippen molar-refractivity contribution in [2.75, 3.05) is 12.4 Å². The third kappa shape index (κ3) is 3.47. The molecular formula is C13H15N3O4. The minimum Gasteiger partial charge on any atom is -0.497 e. The Balaban J connectivity index is 1.80. The summed E-state index contributed by atoms with van der Waals surface area (Å²) >= 11 is 0. The van der Waals surface area contributed by atoms with Crippen LogP contribution in [0.2, 0.25) is 0 Å². The highest BCUT2D eigenvalue weighted by atomic mass is 16.5. The van der Waals surface area contributed by atoms with Gasteiger partial charge in [0.25, 0.3) is 5.91 Å². The van der Waals surface area contributed by atoms with Crippen molar-refractivity contribution < 1.29 is 19.1 Å². The van der Waals surface area contributed by atoms with E-state index in [1.807, 2.05) is 0 Å². The highest BCUT2D eigenvalue weighted by Crippen LogP contribution is 2.15. The third-order valence-corrected chi connectivity index (χ3v) is 2.89. The fraction of sp³-hybridized carbons (Fsp3) is 0.308. The Bertz CT molecular complexity index is 527. The molecule has 0 unspecified atom stereocenters. The van der Waals surface area contributed by atoms with Crippen LogP contribution in [-0.4, -0.2) is 31.0 Å². The first kappa shape index (κ1) is 13.9. The second-order valence-electron chi connectivity index (χ2n) is 4.33. The van der Waals surface area contributed by atoms with E-state index in [2.05, 4.69) is 16.0 Å². The second kappa shape index (κ2) is 6.05. The number of hydrogen-bond donors (Lipinski definition) is 3. The number of imide groups is 1. The lowest BCUT2D eigenvalue weighted by atomic mass is 10.1. The molecule has 1 aliphatic heterocycles. The van der Waals surface area contributed by atoms with Crippen LogP contribution in [0.4, 0.5) is 10.5 Å². The molecule has 3 N–H and O–H groups in total. The third-order valence-electron chi connectivity index (χ3n) is 2.89. The molecule has 4 amide bonds. The number of urea groups is 1. The summed E-state index contributed by atoms with van der Waals surface area (Å²) in [7, 11) is 1.56. The first-order valence-corrected chi connectivity index (χ1v) is 6.14. The van der Waals surface area contributed by atoms with Crippen molar-refractivity contribution in [1.29, 1.82) is 0 Å². The number of ether oxygens (including phenoxy) is 1. The van der Waals surface area contributed by atoms with Gasteiger partial charge in [0, 0.05) is 12.1 Å². The molecule has 106 valence electrons. The highest BCUT2D eigenvalue weighted by Gasteiger charge is 2.29. The van der Waals surface area contributed by atoms with Gasteiger partial charge in [0.05, 0.1) is 7.11 Å². The van der Waals surface area contributed by atoms with E-state index in [0.29, 0.717) is 11.4 Å². The number of hydrogen-bond acceptors (Lipinski definition) is 4. The van der Waals surface area contributed by atoms with Crippen molar-refractivity contribution in [3.05, 3.63) is 24.3 Å². The number of anilines is 1. The minimum atomic E-state index is -0.635. The van der Waals surface area contributed by atoms with Crippen LogP contribution in [-0.2, 0) is 9.59 Å². The van der Waals surface area contributed by atoms with E-state index in [1.54, 1.807) is 31.4 Å². The van der Waals surface area contributed by atoms with Gasteiger partial charge in [-0.2, -0.15) is 0 Å². The summed E-state index contributed by atoms with van der Waals surface area (Å²) in [5, 5.41) is 7.26. The van der Waals surface area contributed by atoms with Gasteiger partial charge in [-0.05, 0) is 30.7 Å². The molecule has 0 aromatic heterocycles. The van der Waals surface area contributed by atoms with Crippen LogP contribution in [0.15, 0.2) is 24.3 Å². The average Bonchev–Trinajstić information content (AvgIpc) is 2.75. The molecule has 0 spiro atoms. The van der Waals surface area contributed by atoms with E-state index in [1.165, 1.54) is 0 Å². The molecule has 0 radical (unpaired) electrons. The number of methoxy groups -OCH3 is 1. The quantitative estimate of drug-likeness (QED) is 0.687. The predicted molar refractivity (Wildman–Crippen MR) is 71.3 cm³/mol. The lowest BCUT2D eigenvalue weighted by Gasteiger charge is -2.08. The van der Waals surface area contributed by atoms with Gasteiger partial charge >= 0.3 is 6.03 Å². The fourth-order valence-corrected chi connectivity index (χ4v) is 1.84. The summed E-state index contributed by atoms with van der Waals surface area (Å²) < 4.78 is 5.01. The standard InChI is InChI=1S/C13H15N3O4/c1-20-9-4-2-8(3-5-9)14-11(17)7-6-10-12(18)16-13(19)15-10/h2-5,10H,6-7H2,1H3,(H,14,17)(H2,15,16,18,19)/t10-/m0/s1. The Morgan fingerprint density at radius 3 is 2.55 bits per heavy atom. The number of rotatable bonds is 5. The highest BCUT2D eigenvalue weighted by molar-refractivity contribution is 6.04. The number of carbonyl (C=O) groups excluding carboxylic acids is 3. The summed E-state index contributed by atoms with van der Waals surface area (Å²) in [6.07, 6.45) is 0.407. The fourth-order valence-electron chi connectivity index (χ4n) is 1.84. The van der Waals surface area contributed by atoms with Crippen LogP contribution in [0, 0.1) is 0 Å².